The minimum absolute atomic E-state index is 0.0283. The van der Waals surface area contributed by atoms with Crippen LogP contribution in [0.4, 0.5) is 0 Å². The summed E-state index contributed by atoms with van der Waals surface area (Å²) in [4.78, 5) is 19.5. The minimum Gasteiger partial charge on any atom is -0.497 e. The van der Waals surface area contributed by atoms with Crippen LogP contribution in [-0.4, -0.2) is 36.2 Å². The van der Waals surface area contributed by atoms with Gasteiger partial charge in [0, 0.05) is 12.7 Å². The lowest BCUT2D eigenvalue weighted by Crippen LogP contribution is -2.30. The Morgan fingerprint density at radius 2 is 2.50 bits per heavy atom. The zero-order valence-electron chi connectivity index (χ0n) is 11.3. The first-order chi connectivity index (χ1) is 9.76. The van der Waals surface area contributed by atoms with Crippen LogP contribution < -0.4 is 10.1 Å². The second-order valence-electron chi connectivity index (χ2n) is 4.84. The summed E-state index contributed by atoms with van der Waals surface area (Å²) in [5, 5.41) is 2.89. The molecule has 1 amide bonds. The number of amides is 1. The SMILES string of the molecule is COc1ccc2nc(CNC(=O)[C@@H]3CCOC3)[nH]c2c1. The Labute approximate surface area is 116 Å². The van der Waals surface area contributed by atoms with Crippen molar-refractivity contribution in [2.24, 2.45) is 5.92 Å². The van der Waals surface area contributed by atoms with E-state index in [2.05, 4.69) is 15.3 Å². The van der Waals surface area contributed by atoms with Crippen molar-refractivity contribution >= 4 is 16.9 Å². The maximum Gasteiger partial charge on any atom is 0.225 e. The highest BCUT2D eigenvalue weighted by Gasteiger charge is 2.23. The number of ether oxygens (including phenoxy) is 2. The highest BCUT2D eigenvalue weighted by Crippen LogP contribution is 2.18. The second-order valence-corrected chi connectivity index (χ2v) is 4.84. The predicted molar refractivity (Wildman–Crippen MR) is 73.4 cm³/mol. The van der Waals surface area contributed by atoms with Crippen LogP contribution in [0.2, 0.25) is 0 Å². The van der Waals surface area contributed by atoms with Crippen molar-refractivity contribution in [2.75, 3.05) is 20.3 Å². The molecule has 106 valence electrons. The molecule has 1 atom stereocenters. The van der Waals surface area contributed by atoms with Gasteiger partial charge in [-0.25, -0.2) is 4.98 Å². The van der Waals surface area contributed by atoms with E-state index in [1.165, 1.54) is 0 Å². The smallest absolute Gasteiger partial charge is 0.225 e. The molecule has 3 rings (SSSR count). The van der Waals surface area contributed by atoms with Gasteiger partial charge in [0.15, 0.2) is 0 Å². The number of rotatable bonds is 4. The molecule has 1 aliphatic heterocycles. The van der Waals surface area contributed by atoms with Gasteiger partial charge >= 0.3 is 0 Å². The summed E-state index contributed by atoms with van der Waals surface area (Å²) >= 11 is 0. The quantitative estimate of drug-likeness (QED) is 0.879. The van der Waals surface area contributed by atoms with Crippen molar-refractivity contribution in [1.82, 2.24) is 15.3 Å². The molecular formula is C14H17N3O3. The molecule has 0 radical (unpaired) electrons. The average molecular weight is 275 g/mol. The molecule has 1 aromatic carbocycles. The van der Waals surface area contributed by atoms with E-state index in [0.717, 1.165) is 29.0 Å². The molecule has 2 aromatic rings. The van der Waals surface area contributed by atoms with E-state index in [0.29, 0.717) is 19.8 Å². The van der Waals surface area contributed by atoms with Crippen molar-refractivity contribution in [2.45, 2.75) is 13.0 Å². The summed E-state index contributed by atoms with van der Waals surface area (Å²) in [5.41, 5.74) is 1.76. The van der Waals surface area contributed by atoms with Crippen LogP contribution in [0.1, 0.15) is 12.2 Å². The molecular weight excluding hydrogens is 258 g/mol. The monoisotopic (exact) mass is 275 g/mol. The molecule has 2 N–H and O–H groups in total. The minimum atomic E-state index is -0.0283. The summed E-state index contributed by atoms with van der Waals surface area (Å²) in [7, 11) is 1.63. The molecule has 0 bridgehead atoms. The number of aromatic amines is 1. The van der Waals surface area contributed by atoms with Crippen LogP contribution in [0.25, 0.3) is 11.0 Å². The Morgan fingerprint density at radius 1 is 1.60 bits per heavy atom. The van der Waals surface area contributed by atoms with Crippen LogP contribution in [0.15, 0.2) is 18.2 Å². The zero-order chi connectivity index (χ0) is 13.9. The van der Waals surface area contributed by atoms with Gasteiger partial charge < -0.3 is 19.8 Å². The van der Waals surface area contributed by atoms with Gasteiger partial charge in [-0.05, 0) is 18.6 Å². The van der Waals surface area contributed by atoms with E-state index in [1.54, 1.807) is 7.11 Å². The van der Waals surface area contributed by atoms with Gasteiger partial charge in [0.25, 0.3) is 0 Å². The summed E-state index contributed by atoms with van der Waals surface area (Å²) in [6.45, 7) is 1.58. The number of fused-ring (bicyclic) bond motifs is 1. The third-order valence-corrected chi connectivity index (χ3v) is 3.47. The van der Waals surface area contributed by atoms with Crippen molar-refractivity contribution in [3.05, 3.63) is 24.0 Å². The molecule has 6 nitrogen and oxygen atoms in total. The molecule has 1 fully saturated rings. The number of methoxy groups -OCH3 is 1. The molecule has 20 heavy (non-hydrogen) atoms. The fourth-order valence-corrected chi connectivity index (χ4v) is 2.31. The van der Waals surface area contributed by atoms with Gasteiger partial charge in [0.05, 0.1) is 37.2 Å². The van der Waals surface area contributed by atoms with E-state index < -0.39 is 0 Å². The molecule has 0 spiro atoms. The molecule has 0 aliphatic carbocycles. The number of imidazole rings is 1. The topological polar surface area (TPSA) is 76.2 Å². The molecule has 6 heteroatoms. The van der Waals surface area contributed by atoms with Crippen molar-refractivity contribution in [3.63, 3.8) is 0 Å². The van der Waals surface area contributed by atoms with Crippen molar-refractivity contribution < 1.29 is 14.3 Å². The van der Waals surface area contributed by atoms with E-state index in [9.17, 15) is 4.79 Å². The van der Waals surface area contributed by atoms with Crippen LogP contribution in [0, 0.1) is 5.92 Å². The third-order valence-electron chi connectivity index (χ3n) is 3.47. The molecule has 2 heterocycles. The number of aromatic nitrogens is 2. The normalized spacial score (nSPS) is 18.4. The first-order valence-electron chi connectivity index (χ1n) is 6.64. The number of hydrogen-bond acceptors (Lipinski definition) is 4. The first kappa shape index (κ1) is 12.9. The molecule has 1 saturated heterocycles. The van der Waals surface area contributed by atoms with E-state index in [-0.39, 0.29) is 11.8 Å². The highest BCUT2D eigenvalue weighted by molar-refractivity contribution is 5.79. The summed E-state index contributed by atoms with van der Waals surface area (Å²) < 4.78 is 10.4. The van der Waals surface area contributed by atoms with Crippen LogP contribution in [0.5, 0.6) is 5.75 Å². The van der Waals surface area contributed by atoms with Gasteiger partial charge in [0.1, 0.15) is 11.6 Å². The van der Waals surface area contributed by atoms with Crippen LogP contribution in [-0.2, 0) is 16.1 Å². The number of carbonyl (C=O) groups excluding carboxylic acids is 1. The molecule has 0 saturated carbocycles. The zero-order valence-corrected chi connectivity index (χ0v) is 11.3. The largest absolute Gasteiger partial charge is 0.497 e. The van der Waals surface area contributed by atoms with Crippen LogP contribution >= 0.6 is 0 Å². The van der Waals surface area contributed by atoms with Gasteiger partial charge in [-0.1, -0.05) is 0 Å². The molecule has 0 unspecified atom stereocenters. The van der Waals surface area contributed by atoms with E-state index >= 15 is 0 Å². The molecule has 1 aromatic heterocycles. The standard InChI is InChI=1S/C14H17N3O3/c1-19-10-2-3-11-12(6-10)17-13(16-11)7-15-14(18)9-4-5-20-8-9/h2-3,6,9H,4-5,7-8H2,1H3,(H,15,18)(H,16,17)/t9-/m1/s1. The summed E-state index contributed by atoms with van der Waals surface area (Å²) in [6.07, 6.45) is 0.795. The average Bonchev–Trinajstić information content (AvgIpc) is 3.12. The lowest BCUT2D eigenvalue weighted by molar-refractivity contribution is -0.125. The first-order valence-corrected chi connectivity index (χ1v) is 6.64. The van der Waals surface area contributed by atoms with Crippen molar-refractivity contribution in [1.29, 1.82) is 0 Å². The predicted octanol–water partition coefficient (Wildman–Crippen LogP) is 1.22. The van der Waals surface area contributed by atoms with Crippen molar-refractivity contribution in [3.8, 4) is 5.75 Å². The fourth-order valence-electron chi connectivity index (χ4n) is 2.31. The maximum absolute atomic E-state index is 11.9. The van der Waals surface area contributed by atoms with Gasteiger partial charge in [0.2, 0.25) is 5.91 Å². The van der Waals surface area contributed by atoms with E-state index in [4.69, 9.17) is 9.47 Å². The van der Waals surface area contributed by atoms with E-state index in [1.807, 2.05) is 18.2 Å². The number of H-pyrrole nitrogens is 1. The number of carbonyl (C=O) groups is 1. The molecule has 1 aliphatic rings. The highest BCUT2D eigenvalue weighted by atomic mass is 16.5. The Hall–Kier alpha value is -2.08. The Bertz CT molecular complexity index is 617. The Kier molecular flexibility index (Phi) is 3.56. The second kappa shape index (κ2) is 5.50. The number of hydrogen-bond donors (Lipinski definition) is 2. The fraction of sp³-hybridized carbons (Fsp3) is 0.429. The third kappa shape index (κ3) is 2.60. The maximum atomic E-state index is 11.9. The van der Waals surface area contributed by atoms with Gasteiger partial charge in [-0.15, -0.1) is 0 Å². The van der Waals surface area contributed by atoms with Gasteiger partial charge in [-0.3, -0.25) is 4.79 Å². The Morgan fingerprint density at radius 3 is 3.25 bits per heavy atom. The van der Waals surface area contributed by atoms with Gasteiger partial charge in [-0.2, -0.15) is 0 Å². The van der Waals surface area contributed by atoms with Crippen LogP contribution in [0.3, 0.4) is 0 Å². The summed E-state index contributed by atoms with van der Waals surface area (Å²) in [5.74, 6) is 1.51. The lowest BCUT2D eigenvalue weighted by atomic mass is 10.1. The number of nitrogens with zero attached hydrogens (tertiary/aromatic N) is 1. The lowest BCUT2D eigenvalue weighted by Gasteiger charge is -2.07. The number of benzene rings is 1. The number of nitrogens with one attached hydrogen (secondary N) is 2. The Balaban J connectivity index is 1.66. The summed E-state index contributed by atoms with van der Waals surface area (Å²) in [6, 6.07) is 5.64.